The number of nitrogens with zero attached hydrogens (tertiary/aromatic N) is 5. The van der Waals surface area contributed by atoms with Crippen molar-refractivity contribution in [3.63, 3.8) is 0 Å². The Morgan fingerprint density at radius 3 is 2.47 bits per heavy atom. The largest absolute Gasteiger partial charge is 0.272 e. The normalized spacial score (nSPS) is 11.4. The predicted octanol–water partition coefficient (Wildman–Crippen LogP) is 0.364. The van der Waals surface area contributed by atoms with Crippen LogP contribution in [0.1, 0.15) is 6.92 Å². The lowest BCUT2D eigenvalue weighted by Gasteiger charge is -2.03. The van der Waals surface area contributed by atoms with Crippen LogP contribution in [0.2, 0.25) is 0 Å². The standard InChI is InChI=1S/C9H9N5O4S/c1-2-19(17,18)9-10-11-12-13(9)7-3-5-8(6-4-7)14(15)16/h3-6H,2H2,1H3. The maximum atomic E-state index is 11.8. The van der Waals surface area contributed by atoms with Gasteiger partial charge in [0.1, 0.15) is 0 Å². The van der Waals surface area contributed by atoms with E-state index in [0.717, 1.165) is 4.68 Å². The van der Waals surface area contributed by atoms with Crippen molar-refractivity contribution in [3.05, 3.63) is 34.4 Å². The van der Waals surface area contributed by atoms with Crippen molar-refractivity contribution in [2.75, 3.05) is 5.75 Å². The monoisotopic (exact) mass is 283 g/mol. The Balaban J connectivity index is 2.49. The maximum absolute atomic E-state index is 11.8. The molecule has 0 aliphatic carbocycles. The Hall–Kier alpha value is -2.36. The van der Waals surface area contributed by atoms with Crippen LogP contribution in [0, 0.1) is 10.1 Å². The smallest absolute Gasteiger partial charge is 0.258 e. The lowest BCUT2D eigenvalue weighted by atomic mass is 10.3. The lowest BCUT2D eigenvalue weighted by Crippen LogP contribution is -2.12. The van der Waals surface area contributed by atoms with Crippen molar-refractivity contribution in [2.24, 2.45) is 0 Å². The summed E-state index contributed by atoms with van der Waals surface area (Å²) in [6.07, 6.45) is 0. The SMILES string of the molecule is CCS(=O)(=O)c1nnnn1-c1ccc([N+](=O)[O-])cc1. The summed E-state index contributed by atoms with van der Waals surface area (Å²) in [7, 11) is -3.57. The number of nitro benzene ring substituents is 1. The van der Waals surface area contributed by atoms with Crippen molar-refractivity contribution in [3.8, 4) is 5.69 Å². The van der Waals surface area contributed by atoms with Crippen LogP contribution in [0.25, 0.3) is 5.69 Å². The molecule has 0 saturated heterocycles. The van der Waals surface area contributed by atoms with E-state index in [0.29, 0.717) is 5.69 Å². The Labute approximate surface area is 107 Å². The van der Waals surface area contributed by atoms with Gasteiger partial charge in [-0.3, -0.25) is 10.1 Å². The molecule has 1 aromatic carbocycles. The molecular weight excluding hydrogens is 274 g/mol. The van der Waals surface area contributed by atoms with Crippen molar-refractivity contribution >= 4 is 15.5 Å². The van der Waals surface area contributed by atoms with Gasteiger partial charge in [0.05, 0.1) is 16.4 Å². The third-order valence-corrected chi connectivity index (χ3v) is 3.98. The van der Waals surface area contributed by atoms with Crippen LogP contribution in [0.15, 0.2) is 29.4 Å². The van der Waals surface area contributed by atoms with Crippen LogP contribution in [0.5, 0.6) is 0 Å². The Morgan fingerprint density at radius 1 is 1.32 bits per heavy atom. The number of rotatable bonds is 4. The average molecular weight is 283 g/mol. The molecule has 0 saturated carbocycles. The van der Waals surface area contributed by atoms with Crippen LogP contribution in [-0.4, -0.2) is 39.3 Å². The zero-order chi connectivity index (χ0) is 14.0. The molecule has 1 heterocycles. The molecule has 100 valence electrons. The van der Waals surface area contributed by atoms with E-state index in [-0.39, 0.29) is 16.6 Å². The second-order valence-corrected chi connectivity index (χ2v) is 5.72. The van der Waals surface area contributed by atoms with E-state index in [1.54, 1.807) is 0 Å². The van der Waals surface area contributed by atoms with Crippen LogP contribution in [0.4, 0.5) is 5.69 Å². The van der Waals surface area contributed by atoms with E-state index in [2.05, 4.69) is 15.5 Å². The zero-order valence-corrected chi connectivity index (χ0v) is 10.6. The molecule has 0 bridgehead atoms. The summed E-state index contributed by atoms with van der Waals surface area (Å²) in [6.45, 7) is 1.48. The third-order valence-electron chi connectivity index (χ3n) is 2.40. The number of benzene rings is 1. The van der Waals surface area contributed by atoms with Crippen LogP contribution < -0.4 is 0 Å². The first-order valence-corrected chi connectivity index (χ1v) is 6.87. The summed E-state index contributed by atoms with van der Waals surface area (Å²) in [6, 6.07) is 5.26. The highest BCUT2D eigenvalue weighted by atomic mass is 32.2. The molecule has 10 heteroatoms. The van der Waals surface area contributed by atoms with Gasteiger partial charge in [0.15, 0.2) is 0 Å². The molecule has 9 nitrogen and oxygen atoms in total. The fourth-order valence-corrected chi connectivity index (χ4v) is 2.20. The van der Waals surface area contributed by atoms with Crippen LogP contribution in [0.3, 0.4) is 0 Å². The number of non-ortho nitro benzene ring substituents is 1. The maximum Gasteiger partial charge on any atom is 0.272 e. The second-order valence-electron chi connectivity index (χ2n) is 3.55. The fraction of sp³-hybridized carbons (Fsp3) is 0.222. The van der Waals surface area contributed by atoms with Gasteiger partial charge in [0, 0.05) is 12.1 Å². The van der Waals surface area contributed by atoms with Crippen molar-refractivity contribution in [1.29, 1.82) is 0 Å². The van der Waals surface area contributed by atoms with Gasteiger partial charge in [-0.1, -0.05) is 12.0 Å². The summed E-state index contributed by atoms with van der Waals surface area (Å²) in [5.41, 5.74) is 0.236. The minimum Gasteiger partial charge on any atom is -0.258 e. The molecule has 0 fully saturated rings. The summed E-state index contributed by atoms with van der Waals surface area (Å²) in [4.78, 5) is 9.99. The molecule has 0 atom stereocenters. The van der Waals surface area contributed by atoms with E-state index < -0.39 is 14.8 Å². The summed E-state index contributed by atoms with van der Waals surface area (Å²) >= 11 is 0. The van der Waals surface area contributed by atoms with E-state index in [9.17, 15) is 18.5 Å². The van der Waals surface area contributed by atoms with E-state index in [4.69, 9.17) is 0 Å². The molecular formula is C9H9N5O4S. The number of nitro groups is 1. The number of hydrogen-bond acceptors (Lipinski definition) is 7. The molecule has 0 spiro atoms. The van der Waals surface area contributed by atoms with Crippen LogP contribution in [-0.2, 0) is 9.84 Å². The molecule has 19 heavy (non-hydrogen) atoms. The van der Waals surface area contributed by atoms with Gasteiger partial charge < -0.3 is 0 Å². The van der Waals surface area contributed by atoms with E-state index >= 15 is 0 Å². The van der Waals surface area contributed by atoms with Crippen molar-refractivity contribution in [2.45, 2.75) is 12.1 Å². The summed E-state index contributed by atoms with van der Waals surface area (Å²) < 4.78 is 24.5. The first-order valence-electron chi connectivity index (χ1n) is 5.21. The molecule has 0 aliphatic heterocycles. The molecule has 0 radical (unpaired) electrons. The molecule has 0 amide bonds. The lowest BCUT2D eigenvalue weighted by molar-refractivity contribution is -0.384. The minimum absolute atomic E-state index is 0.100. The second kappa shape index (κ2) is 4.72. The average Bonchev–Trinajstić information content (AvgIpc) is 2.89. The van der Waals surface area contributed by atoms with Gasteiger partial charge in [-0.15, -0.1) is 0 Å². The van der Waals surface area contributed by atoms with Gasteiger partial charge in [0.2, 0.25) is 9.84 Å². The summed E-state index contributed by atoms with van der Waals surface area (Å²) in [5.74, 6) is -0.139. The molecule has 0 unspecified atom stereocenters. The Bertz CT molecular complexity index is 706. The fourth-order valence-electron chi connectivity index (χ4n) is 1.38. The highest BCUT2D eigenvalue weighted by Crippen LogP contribution is 2.17. The van der Waals surface area contributed by atoms with E-state index in [1.807, 2.05) is 0 Å². The Morgan fingerprint density at radius 2 is 1.95 bits per heavy atom. The first-order chi connectivity index (χ1) is 8.95. The zero-order valence-electron chi connectivity index (χ0n) is 9.79. The molecule has 0 N–H and O–H groups in total. The Kier molecular flexibility index (Phi) is 3.25. The van der Waals surface area contributed by atoms with E-state index in [1.165, 1.54) is 31.2 Å². The minimum atomic E-state index is -3.57. The van der Waals surface area contributed by atoms with Gasteiger partial charge in [-0.25, -0.2) is 8.42 Å². The highest BCUT2D eigenvalue weighted by Gasteiger charge is 2.22. The number of tetrazole rings is 1. The van der Waals surface area contributed by atoms with Gasteiger partial charge in [0.25, 0.3) is 10.8 Å². The van der Waals surface area contributed by atoms with Gasteiger partial charge >= 0.3 is 0 Å². The van der Waals surface area contributed by atoms with Crippen molar-refractivity contribution < 1.29 is 13.3 Å². The number of aromatic nitrogens is 4. The highest BCUT2D eigenvalue weighted by molar-refractivity contribution is 7.91. The van der Waals surface area contributed by atoms with Gasteiger partial charge in [-0.2, -0.15) is 4.68 Å². The molecule has 2 aromatic rings. The number of sulfone groups is 1. The predicted molar refractivity (Wildman–Crippen MR) is 63.5 cm³/mol. The third kappa shape index (κ3) is 2.42. The summed E-state index contributed by atoms with van der Waals surface area (Å²) in [5, 5.41) is 20.6. The number of hydrogen-bond donors (Lipinski definition) is 0. The topological polar surface area (TPSA) is 121 Å². The first kappa shape index (κ1) is 13.1. The van der Waals surface area contributed by atoms with Gasteiger partial charge in [-0.05, 0) is 22.6 Å². The molecule has 0 aliphatic rings. The quantitative estimate of drug-likeness (QED) is 0.586. The molecule has 2 rings (SSSR count). The van der Waals surface area contributed by atoms with Crippen LogP contribution >= 0.6 is 0 Å². The van der Waals surface area contributed by atoms with Crippen molar-refractivity contribution in [1.82, 2.24) is 20.2 Å². The molecule has 1 aromatic heterocycles.